The average Bonchev–Trinajstić information content (AvgIpc) is 2.45. The van der Waals surface area contributed by atoms with Gasteiger partial charge >= 0.3 is 0 Å². The van der Waals surface area contributed by atoms with E-state index in [0.29, 0.717) is 0 Å². The molecule has 0 unspecified atom stereocenters. The van der Waals surface area contributed by atoms with Crippen molar-refractivity contribution in [2.75, 3.05) is 39.8 Å². The third-order valence-corrected chi connectivity index (χ3v) is 4.49. The minimum Gasteiger partial charge on any atom is -0.496 e. The van der Waals surface area contributed by atoms with Crippen LogP contribution in [0.1, 0.15) is 23.1 Å². The van der Waals surface area contributed by atoms with E-state index in [1.54, 1.807) is 7.11 Å². The number of methoxy groups -OCH3 is 1. The van der Waals surface area contributed by atoms with Crippen LogP contribution in [0.15, 0.2) is 6.07 Å². The van der Waals surface area contributed by atoms with E-state index in [1.165, 1.54) is 5.56 Å². The molecule has 20 heavy (non-hydrogen) atoms. The number of hydrogen-bond donors (Lipinski definition) is 1. The van der Waals surface area contributed by atoms with Crippen molar-refractivity contribution in [3.05, 3.63) is 27.8 Å². The van der Waals surface area contributed by atoms with Gasteiger partial charge in [-0.2, -0.15) is 0 Å². The minimum absolute atomic E-state index is 0.848. The molecule has 1 heterocycles. The topological polar surface area (TPSA) is 24.5 Å². The number of ether oxygens (including phenoxy) is 1. The lowest BCUT2D eigenvalue weighted by molar-refractivity contribution is 0.238. The predicted octanol–water partition coefficient (Wildman–Crippen LogP) is 2.80. The van der Waals surface area contributed by atoms with Crippen LogP contribution >= 0.6 is 11.6 Å². The van der Waals surface area contributed by atoms with Gasteiger partial charge < -0.3 is 15.0 Å². The summed E-state index contributed by atoms with van der Waals surface area (Å²) in [5, 5.41) is 4.23. The highest BCUT2D eigenvalue weighted by atomic mass is 35.5. The van der Waals surface area contributed by atoms with Gasteiger partial charge in [-0.15, -0.1) is 0 Å². The first-order chi connectivity index (χ1) is 9.63. The van der Waals surface area contributed by atoms with E-state index >= 15 is 0 Å². The Labute approximate surface area is 127 Å². The van der Waals surface area contributed by atoms with Crippen molar-refractivity contribution in [2.45, 2.75) is 26.7 Å². The Morgan fingerprint density at radius 3 is 2.65 bits per heavy atom. The first-order valence-corrected chi connectivity index (χ1v) is 7.77. The summed E-state index contributed by atoms with van der Waals surface area (Å²) in [6.45, 7) is 9.83. The number of halogens is 1. The number of nitrogens with zero attached hydrogens (tertiary/aromatic N) is 1. The molecule has 2 rings (SSSR count). The van der Waals surface area contributed by atoms with E-state index in [-0.39, 0.29) is 0 Å². The molecule has 0 radical (unpaired) electrons. The largest absolute Gasteiger partial charge is 0.496 e. The van der Waals surface area contributed by atoms with Crippen molar-refractivity contribution in [1.82, 2.24) is 10.2 Å². The van der Waals surface area contributed by atoms with Crippen LogP contribution < -0.4 is 10.1 Å². The highest BCUT2D eigenvalue weighted by Gasteiger charge is 2.14. The number of benzene rings is 1. The third kappa shape index (κ3) is 3.66. The van der Waals surface area contributed by atoms with Gasteiger partial charge in [0.15, 0.2) is 0 Å². The molecule has 0 spiro atoms. The highest BCUT2D eigenvalue weighted by Crippen LogP contribution is 2.32. The maximum atomic E-state index is 6.30. The second-order valence-electron chi connectivity index (χ2n) is 5.51. The minimum atomic E-state index is 0.848. The van der Waals surface area contributed by atoms with E-state index in [1.807, 2.05) is 6.07 Å². The first-order valence-electron chi connectivity index (χ1n) is 7.39. The molecule has 0 bridgehead atoms. The fourth-order valence-electron chi connectivity index (χ4n) is 2.92. The van der Waals surface area contributed by atoms with Crippen LogP contribution in [-0.4, -0.2) is 44.7 Å². The maximum absolute atomic E-state index is 6.30. The molecule has 0 amide bonds. The fourth-order valence-corrected chi connectivity index (χ4v) is 3.19. The first kappa shape index (κ1) is 15.6. The van der Waals surface area contributed by atoms with Gasteiger partial charge in [-0.05, 0) is 56.0 Å². The Kier molecular flexibility index (Phi) is 5.70. The molecular formula is C16H25ClN2O. The van der Waals surface area contributed by atoms with Crippen molar-refractivity contribution in [1.29, 1.82) is 0 Å². The molecule has 112 valence electrons. The summed E-state index contributed by atoms with van der Waals surface area (Å²) in [4.78, 5) is 2.52. The molecule has 1 aliphatic rings. The number of aryl methyl sites for hydroxylation is 1. The van der Waals surface area contributed by atoms with Gasteiger partial charge in [0.2, 0.25) is 0 Å². The Morgan fingerprint density at radius 1 is 1.30 bits per heavy atom. The Balaban J connectivity index is 2.01. The van der Waals surface area contributed by atoms with Crippen LogP contribution in [0.3, 0.4) is 0 Å². The van der Waals surface area contributed by atoms with E-state index in [4.69, 9.17) is 16.3 Å². The third-order valence-electron chi connectivity index (χ3n) is 4.10. The highest BCUT2D eigenvalue weighted by molar-refractivity contribution is 6.31. The second kappa shape index (κ2) is 7.30. The summed E-state index contributed by atoms with van der Waals surface area (Å²) < 4.78 is 5.57. The Hall–Kier alpha value is -0.770. The molecule has 1 saturated heterocycles. The molecule has 1 aromatic carbocycles. The molecule has 0 aromatic heterocycles. The van der Waals surface area contributed by atoms with E-state index in [0.717, 1.165) is 67.5 Å². The zero-order valence-electron chi connectivity index (χ0n) is 12.8. The lowest BCUT2D eigenvalue weighted by Crippen LogP contribution is -2.43. The smallest absolute Gasteiger partial charge is 0.125 e. The molecule has 1 N–H and O–H groups in total. The fraction of sp³-hybridized carbons (Fsp3) is 0.625. The van der Waals surface area contributed by atoms with Gasteiger partial charge in [0.25, 0.3) is 0 Å². The predicted molar refractivity (Wildman–Crippen MR) is 85.1 cm³/mol. The van der Waals surface area contributed by atoms with Gasteiger partial charge in [0, 0.05) is 31.2 Å². The zero-order chi connectivity index (χ0) is 14.5. The lowest BCUT2D eigenvalue weighted by atomic mass is 9.99. The Morgan fingerprint density at radius 2 is 2.00 bits per heavy atom. The van der Waals surface area contributed by atoms with Crippen molar-refractivity contribution in [2.24, 2.45) is 0 Å². The van der Waals surface area contributed by atoms with Gasteiger partial charge in [-0.3, -0.25) is 0 Å². The Bertz CT molecular complexity index is 456. The van der Waals surface area contributed by atoms with Gasteiger partial charge in [0.1, 0.15) is 5.75 Å². The van der Waals surface area contributed by atoms with Gasteiger partial charge in [0.05, 0.1) is 7.11 Å². The van der Waals surface area contributed by atoms with Crippen LogP contribution in [0.2, 0.25) is 5.02 Å². The number of rotatable bonds is 5. The average molecular weight is 297 g/mol. The molecular weight excluding hydrogens is 272 g/mol. The van der Waals surface area contributed by atoms with Crippen LogP contribution in [0.4, 0.5) is 0 Å². The zero-order valence-corrected chi connectivity index (χ0v) is 13.5. The summed E-state index contributed by atoms with van der Waals surface area (Å²) >= 11 is 6.30. The molecule has 0 aliphatic carbocycles. The standard InChI is InChI=1S/C16H25ClN2O/c1-12-11-15(17)13(2)14(16(12)20-3)5-4-8-19-9-6-18-7-10-19/h11,18H,4-10H2,1-3H3. The summed E-state index contributed by atoms with van der Waals surface area (Å²) in [7, 11) is 1.75. The van der Waals surface area contributed by atoms with Gasteiger partial charge in [-0.1, -0.05) is 11.6 Å². The van der Waals surface area contributed by atoms with E-state index in [2.05, 4.69) is 24.1 Å². The lowest BCUT2D eigenvalue weighted by Gasteiger charge is -2.27. The number of nitrogens with one attached hydrogen (secondary N) is 1. The van der Waals surface area contributed by atoms with E-state index < -0.39 is 0 Å². The van der Waals surface area contributed by atoms with E-state index in [9.17, 15) is 0 Å². The molecule has 1 aromatic rings. The molecule has 1 aliphatic heterocycles. The molecule has 3 nitrogen and oxygen atoms in total. The van der Waals surface area contributed by atoms with Crippen LogP contribution in [0.5, 0.6) is 5.75 Å². The quantitative estimate of drug-likeness (QED) is 0.904. The van der Waals surface area contributed by atoms with Crippen molar-refractivity contribution < 1.29 is 4.74 Å². The van der Waals surface area contributed by atoms with Crippen LogP contribution in [0, 0.1) is 13.8 Å². The summed E-state index contributed by atoms with van der Waals surface area (Å²) in [5.41, 5.74) is 3.56. The van der Waals surface area contributed by atoms with Crippen molar-refractivity contribution in [3.8, 4) is 5.75 Å². The summed E-state index contributed by atoms with van der Waals surface area (Å²) in [5.74, 6) is 1.01. The van der Waals surface area contributed by atoms with Gasteiger partial charge in [-0.25, -0.2) is 0 Å². The molecule has 1 fully saturated rings. The second-order valence-corrected chi connectivity index (χ2v) is 5.91. The number of hydrogen-bond acceptors (Lipinski definition) is 3. The summed E-state index contributed by atoms with van der Waals surface area (Å²) in [6.07, 6.45) is 2.18. The molecule has 0 saturated carbocycles. The van der Waals surface area contributed by atoms with Crippen LogP contribution in [0.25, 0.3) is 0 Å². The maximum Gasteiger partial charge on any atom is 0.125 e. The summed E-state index contributed by atoms with van der Waals surface area (Å²) in [6, 6.07) is 2.00. The van der Waals surface area contributed by atoms with Crippen LogP contribution in [-0.2, 0) is 6.42 Å². The normalized spacial score (nSPS) is 16.4. The molecule has 4 heteroatoms. The SMILES string of the molecule is COc1c(C)cc(Cl)c(C)c1CCCN1CCNCC1. The van der Waals surface area contributed by atoms with Crippen molar-refractivity contribution in [3.63, 3.8) is 0 Å². The monoisotopic (exact) mass is 296 g/mol. The van der Waals surface area contributed by atoms with Crippen molar-refractivity contribution >= 4 is 11.6 Å². The number of piperazine rings is 1. The molecule has 0 atom stereocenters.